The van der Waals surface area contributed by atoms with Crippen molar-refractivity contribution in [3.05, 3.63) is 70.3 Å². The Morgan fingerprint density at radius 2 is 1.62 bits per heavy atom. The lowest BCUT2D eigenvalue weighted by Gasteiger charge is -2.11. The Kier molecular flexibility index (Phi) is 6.54. The summed E-state index contributed by atoms with van der Waals surface area (Å²) < 4.78 is 10.7. The average molecular weight is 395 g/mol. The highest BCUT2D eigenvalue weighted by Crippen LogP contribution is 2.31. The highest BCUT2D eigenvalue weighted by atomic mass is 16.5. The van der Waals surface area contributed by atoms with Crippen LogP contribution in [0.1, 0.15) is 40.7 Å². The molecule has 0 aliphatic heterocycles. The van der Waals surface area contributed by atoms with E-state index in [4.69, 9.17) is 14.6 Å². The van der Waals surface area contributed by atoms with E-state index in [1.165, 1.54) is 0 Å². The van der Waals surface area contributed by atoms with Crippen molar-refractivity contribution in [1.82, 2.24) is 5.32 Å². The normalized spacial score (nSPS) is 13.3. The van der Waals surface area contributed by atoms with Gasteiger partial charge in [-0.2, -0.15) is 0 Å². The molecule has 0 radical (unpaired) electrons. The Morgan fingerprint density at radius 3 is 2.21 bits per heavy atom. The molecule has 152 valence electrons. The summed E-state index contributed by atoms with van der Waals surface area (Å²) in [6.45, 7) is 0.364. The predicted octanol–water partition coefficient (Wildman–Crippen LogP) is 3.74. The lowest BCUT2D eigenvalue weighted by atomic mass is 10.0. The second-order valence-corrected chi connectivity index (χ2v) is 7.02. The summed E-state index contributed by atoms with van der Waals surface area (Å²) in [5.74, 6) is 0.438. The van der Waals surface area contributed by atoms with Crippen molar-refractivity contribution < 1.29 is 24.2 Å². The highest BCUT2D eigenvalue weighted by Gasteiger charge is 2.21. The molecule has 0 unspecified atom stereocenters. The Balaban J connectivity index is 1.69. The molecule has 2 aromatic carbocycles. The van der Waals surface area contributed by atoms with Gasteiger partial charge in [-0.15, -0.1) is 0 Å². The van der Waals surface area contributed by atoms with Crippen molar-refractivity contribution in [2.45, 2.75) is 32.2 Å². The maximum absolute atomic E-state index is 12.7. The Morgan fingerprint density at radius 1 is 0.966 bits per heavy atom. The van der Waals surface area contributed by atoms with Crippen LogP contribution in [0.4, 0.5) is 0 Å². The number of ether oxygens (including phenoxy) is 2. The van der Waals surface area contributed by atoms with Gasteiger partial charge < -0.3 is 19.9 Å². The topological polar surface area (TPSA) is 84.9 Å². The minimum absolute atomic E-state index is 0.0605. The Bertz CT molecular complexity index is 909. The largest absolute Gasteiger partial charge is 0.497 e. The number of methoxy groups -OCH3 is 2. The molecule has 0 bridgehead atoms. The smallest absolute Gasteiger partial charge is 0.335 e. The second kappa shape index (κ2) is 9.28. The maximum atomic E-state index is 12.7. The zero-order chi connectivity index (χ0) is 20.8. The van der Waals surface area contributed by atoms with Crippen LogP contribution in [0, 0.1) is 0 Å². The van der Waals surface area contributed by atoms with E-state index < -0.39 is 5.97 Å². The van der Waals surface area contributed by atoms with E-state index in [2.05, 4.69) is 5.32 Å². The van der Waals surface area contributed by atoms with Crippen LogP contribution in [0.2, 0.25) is 0 Å². The summed E-state index contributed by atoms with van der Waals surface area (Å²) in [4.78, 5) is 23.7. The van der Waals surface area contributed by atoms with Crippen LogP contribution >= 0.6 is 0 Å². The molecular formula is C23H25NO5. The van der Waals surface area contributed by atoms with Crippen molar-refractivity contribution in [3.8, 4) is 11.5 Å². The summed E-state index contributed by atoms with van der Waals surface area (Å²) in [6, 6.07) is 12.3. The number of rotatable bonds is 8. The van der Waals surface area contributed by atoms with Crippen molar-refractivity contribution >= 4 is 11.9 Å². The molecule has 6 nitrogen and oxygen atoms in total. The van der Waals surface area contributed by atoms with E-state index in [9.17, 15) is 9.59 Å². The first-order valence-corrected chi connectivity index (χ1v) is 9.53. The number of benzene rings is 2. The van der Waals surface area contributed by atoms with E-state index in [0.717, 1.165) is 53.0 Å². The summed E-state index contributed by atoms with van der Waals surface area (Å²) in [7, 11) is 3.24. The Labute approximate surface area is 170 Å². The number of carboxylic acid groups (broad SMARTS) is 1. The van der Waals surface area contributed by atoms with Gasteiger partial charge in [-0.25, -0.2) is 4.79 Å². The van der Waals surface area contributed by atoms with Crippen LogP contribution in [-0.2, 0) is 17.8 Å². The molecule has 1 amide bonds. The van der Waals surface area contributed by atoms with Crippen LogP contribution in [0.5, 0.6) is 11.5 Å². The van der Waals surface area contributed by atoms with E-state index in [1.807, 2.05) is 18.2 Å². The van der Waals surface area contributed by atoms with Crippen LogP contribution in [0.25, 0.3) is 0 Å². The van der Waals surface area contributed by atoms with Gasteiger partial charge in [-0.05, 0) is 61.1 Å². The molecule has 2 N–H and O–H groups in total. The van der Waals surface area contributed by atoms with Gasteiger partial charge in [-0.1, -0.05) is 17.7 Å². The fraction of sp³-hybridized carbons (Fsp3) is 0.304. The molecule has 0 saturated carbocycles. The first kappa shape index (κ1) is 20.5. The number of nitrogens with one attached hydrogen (secondary N) is 1. The number of hydrogen-bond donors (Lipinski definition) is 2. The molecule has 2 aromatic rings. The summed E-state index contributed by atoms with van der Waals surface area (Å²) >= 11 is 0. The van der Waals surface area contributed by atoms with Crippen LogP contribution in [0.15, 0.2) is 53.6 Å². The van der Waals surface area contributed by atoms with Gasteiger partial charge in [0.1, 0.15) is 11.5 Å². The molecule has 1 aliphatic rings. The van der Waals surface area contributed by atoms with E-state index in [1.54, 1.807) is 38.5 Å². The second-order valence-electron chi connectivity index (χ2n) is 7.02. The number of carbonyl (C=O) groups excluding carboxylic acids is 1. The molecule has 29 heavy (non-hydrogen) atoms. The highest BCUT2D eigenvalue weighted by molar-refractivity contribution is 5.94. The third-order valence-corrected chi connectivity index (χ3v) is 5.09. The monoisotopic (exact) mass is 395 g/mol. The van der Waals surface area contributed by atoms with Gasteiger partial charge >= 0.3 is 5.97 Å². The fourth-order valence-corrected chi connectivity index (χ4v) is 3.54. The zero-order valence-corrected chi connectivity index (χ0v) is 16.7. The molecule has 3 rings (SSSR count). The summed E-state index contributed by atoms with van der Waals surface area (Å²) in [6.07, 6.45) is 3.31. The first-order chi connectivity index (χ1) is 14.0. The van der Waals surface area contributed by atoms with Crippen molar-refractivity contribution in [3.63, 3.8) is 0 Å². The van der Waals surface area contributed by atoms with E-state index in [0.29, 0.717) is 13.0 Å². The lowest BCUT2D eigenvalue weighted by Crippen LogP contribution is -2.24. The molecule has 0 atom stereocenters. The van der Waals surface area contributed by atoms with Crippen LogP contribution < -0.4 is 14.8 Å². The Hall–Kier alpha value is -3.28. The quantitative estimate of drug-likeness (QED) is 0.711. The minimum atomic E-state index is -0.962. The molecule has 0 heterocycles. The number of carboxylic acids is 1. The molecule has 0 saturated heterocycles. The molecular weight excluding hydrogens is 370 g/mol. The lowest BCUT2D eigenvalue weighted by molar-refractivity contribution is -0.117. The third-order valence-electron chi connectivity index (χ3n) is 5.09. The van der Waals surface area contributed by atoms with Gasteiger partial charge in [-0.3, -0.25) is 4.79 Å². The van der Waals surface area contributed by atoms with Gasteiger partial charge in [0, 0.05) is 18.2 Å². The predicted molar refractivity (Wildman–Crippen MR) is 109 cm³/mol. The zero-order valence-electron chi connectivity index (χ0n) is 16.7. The van der Waals surface area contributed by atoms with Crippen molar-refractivity contribution in [2.75, 3.05) is 14.2 Å². The van der Waals surface area contributed by atoms with Crippen molar-refractivity contribution in [2.24, 2.45) is 0 Å². The standard InChI is InChI=1S/C23H25NO5/c1-28-19-11-16(12-20(13-19)29-2)10-18-4-3-5-21(18)22(25)24-14-15-6-8-17(9-7-15)23(26)27/h6-9,11-13H,3-5,10,14H2,1-2H3,(H,24,25)(H,26,27). The van der Waals surface area contributed by atoms with E-state index in [-0.39, 0.29) is 11.5 Å². The number of amides is 1. The number of hydrogen-bond acceptors (Lipinski definition) is 4. The average Bonchev–Trinajstić information content (AvgIpc) is 3.20. The molecule has 6 heteroatoms. The van der Waals surface area contributed by atoms with Gasteiger partial charge in [0.25, 0.3) is 0 Å². The maximum Gasteiger partial charge on any atom is 0.335 e. The SMILES string of the molecule is COc1cc(CC2=C(C(=O)NCc3ccc(C(=O)O)cc3)CCC2)cc(OC)c1. The van der Waals surface area contributed by atoms with Gasteiger partial charge in [0.05, 0.1) is 19.8 Å². The van der Waals surface area contributed by atoms with Crippen molar-refractivity contribution in [1.29, 1.82) is 0 Å². The summed E-state index contributed by atoms with van der Waals surface area (Å²) in [5, 5.41) is 11.9. The van der Waals surface area contributed by atoms with Crippen LogP contribution in [-0.4, -0.2) is 31.2 Å². The molecule has 0 aromatic heterocycles. The van der Waals surface area contributed by atoms with Crippen LogP contribution in [0.3, 0.4) is 0 Å². The molecule has 0 fully saturated rings. The number of aromatic carboxylic acids is 1. The fourth-order valence-electron chi connectivity index (χ4n) is 3.54. The minimum Gasteiger partial charge on any atom is -0.497 e. The third kappa shape index (κ3) is 5.16. The summed E-state index contributed by atoms with van der Waals surface area (Å²) in [5.41, 5.74) is 4.12. The number of carbonyl (C=O) groups is 2. The van der Waals surface area contributed by atoms with E-state index >= 15 is 0 Å². The first-order valence-electron chi connectivity index (χ1n) is 9.53. The molecule has 1 aliphatic carbocycles. The van der Waals surface area contributed by atoms with Gasteiger partial charge in [0.15, 0.2) is 0 Å². The molecule has 0 spiro atoms. The number of allylic oxidation sites excluding steroid dienone is 1. The van der Waals surface area contributed by atoms with Gasteiger partial charge in [0.2, 0.25) is 5.91 Å².